The van der Waals surface area contributed by atoms with Gasteiger partial charge in [0.05, 0.1) is 18.8 Å². The summed E-state index contributed by atoms with van der Waals surface area (Å²) < 4.78 is 57.1. The summed E-state index contributed by atoms with van der Waals surface area (Å²) in [7, 11) is 0. The second-order valence-corrected chi connectivity index (χ2v) is 7.61. The van der Waals surface area contributed by atoms with Crippen LogP contribution in [-0.4, -0.2) is 41.2 Å². The minimum absolute atomic E-state index is 0.0169. The highest BCUT2D eigenvalue weighted by molar-refractivity contribution is 5.77. The van der Waals surface area contributed by atoms with Crippen LogP contribution in [0.15, 0.2) is 47.5 Å². The van der Waals surface area contributed by atoms with Gasteiger partial charge in [-0.25, -0.2) is 27.9 Å². The summed E-state index contributed by atoms with van der Waals surface area (Å²) in [5.41, 5.74) is 5.74. The van der Waals surface area contributed by atoms with Gasteiger partial charge in [0, 0.05) is 24.5 Å². The number of amides is 2. The van der Waals surface area contributed by atoms with Crippen LogP contribution in [0.3, 0.4) is 0 Å². The van der Waals surface area contributed by atoms with Gasteiger partial charge in [-0.3, -0.25) is 0 Å². The van der Waals surface area contributed by atoms with Crippen molar-refractivity contribution in [2.45, 2.75) is 24.8 Å². The molecule has 0 bridgehead atoms. The van der Waals surface area contributed by atoms with E-state index in [0.717, 1.165) is 6.07 Å². The van der Waals surface area contributed by atoms with Gasteiger partial charge in [0.15, 0.2) is 17.1 Å². The van der Waals surface area contributed by atoms with Crippen LogP contribution in [0.5, 0.6) is 11.5 Å². The largest absolute Gasteiger partial charge is 0.493 e. The summed E-state index contributed by atoms with van der Waals surface area (Å²) in [5, 5.41) is 2.41. The fraction of sp³-hybridized carbons (Fsp3) is 0.318. The van der Waals surface area contributed by atoms with E-state index in [0.29, 0.717) is 16.8 Å². The number of hydrogen-bond acceptors (Lipinski definition) is 6. The van der Waals surface area contributed by atoms with E-state index in [1.807, 2.05) is 0 Å². The Bertz CT molecular complexity index is 1180. The molecule has 8 nitrogen and oxygen atoms in total. The summed E-state index contributed by atoms with van der Waals surface area (Å²) in [5.74, 6) is -3.39. The normalized spacial score (nSPS) is 17.4. The highest BCUT2D eigenvalue weighted by Crippen LogP contribution is 2.50. The Balaban J connectivity index is 1.41. The highest BCUT2D eigenvalue weighted by atomic mass is 19.3. The van der Waals surface area contributed by atoms with Crippen LogP contribution in [0.25, 0.3) is 22.7 Å². The number of fused-ring (bicyclic) bond motifs is 1. The first-order valence-electron chi connectivity index (χ1n) is 10.1. The SMILES string of the molecule is C=C[C@@H](COc1cnc(-c2nc3ccc(OCCC4CC4(F)F)cc3o2)c(F)c1)NC(N)=O. The zero-order valence-electron chi connectivity index (χ0n) is 17.4. The highest BCUT2D eigenvalue weighted by Gasteiger charge is 2.56. The lowest BCUT2D eigenvalue weighted by Gasteiger charge is -2.14. The van der Waals surface area contributed by atoms with Crippen LogP contribution < -0.4 is 20.5 Å². The molecule has 33 heavy (non-hydrogen) atoms. The number of urea groups is 1. The fourth-order valence-electron chi connectivity index (χ4n) is 3.19. The average Bonchev–Trinajstić information content (AvgIpc) is 3.17. The molecule has 0 aliphatic heterocycles. The molecule has 1 saturated carbocycles. The monoisotopic (exact) mass is 462 g/mol. The number of hydrogen-bond donors (Lipinski definition) is 2. The first kappa shape index (κ1) is 22.4. The molecule has 3 N–H and O–H groups in total. The number of pyridine rings is 1. The molecule has 1 unspecified atom stereocenters. The molecule has 2 heterocycles. The maximum atomic E-state index is 14.6. The predicted molar refractivity (Wildman–Crippen MR) is 113 cm³/mol. The van der Waals surface area contributed by atoms with Crippen molar-refractivity contribution in [3.8, 4) is 23.1 Å². The van der Waals surface area contributed by atoms with Crippen molar-refractivity contribution in [3.63, 3.8) is 0 Å². The topological polar surface area (TPSA) is 112 Å². The third-order valence-electron chi connectivity index (χ3n) is 5.11. The minimum atomic E-state index is -2.57. The van der Waals surface area contributed by atoms with E-state index in [1.165, 1.54) is 12.3 Å². The van der Waals surface area contributed by atoms with Gasteiger partial charge < -0.3 is 24.9 Å². The summed E-state index contributed by atoms with van der Waals surface area (Å²) in [6.45, 7) is 3.70. The van der Waals surface area contributed by atoms with Crippen molar-refractivity contribution in [1.29, 1.82) is 0 Å². The lowest BCUT2D eigenvalue weighted by molar-refractivity contribution is 0.0930. The number of ether oxygens (including phenoxy) is 2. The van der Waals surface area contributed by atoms with Crippen molar-refractivity contribution in [2.75, 3.05) is 13.2 Å². The van der Waals surface area contributed by atoms with Crippen LogP contribution in [0, 0.1) is 11.7 Å². The lowest BCUT2D eigenvalue weighted by atomic mass is 10.3. The Labute approximate surface area is 186 Å². The van der Waals surface area contributed by atoms with Crippen molar-refractivity contribution in [2.24, 2.45) is 11.7 Å². The maximum Gasteiger partial charge on any atom is 0.312 e. The van der Waals surface area contributed by atoms with Crippen molar-refractivity contribution >= 4 is 17.1 Å². The number of nitrogens with one attached hydrogen (secondary N) is 1. The van der Waals surface area contributed by atoms with Gasteiger partial charge in [0.25, 0.3) is 5.92 Å². The number of benzene rings is 1. The van der Waals surface area contributed by atoms with E-state index < -0.39 is 29.7 Å². The zero-order valence-corrected chi connectivity index (χ0v) is 17.4. The molecule has 1 aliphatic rings. The van der Waals surface area contributed by atoms with Gasteiger partial charge in [-0.15, -0.1) is 6.58 Å². The second-order valence-electron chi connectivity index (χ2n) is 7.61. The predicted octanol–water partition coefficient (Wildman–Crippen LogP) is 4.05. The maximum absolute atomic E-state index is 14.6. The number of aromatic nitrogens is 2. The average molecular weight is 462 g/mol. The summed E-state index contributed by atoms with van der Waals surface area (Å²) in [6, 6.07) is 4.64. The van der Waals surface area contributed by atoms with Gasteiger partial charge in [0.2, 0.25) is 5.89 Å². The molecule has 0 radical (unpaired) electrons. The van der Waals surface area contributed by atoms with Crippen LogP contribution in [0.1, 0.15) is 12.8 Å². The minimum Gasteiger partial charge on any atom is -0.493 e. The third kappa shape index (κ3) is 5.36. The molecule has 1 aromatic carbocycles. The number of nitrogens with two attached hydrogens (primary N) is 1. The van der Waals surface area contributed by atoms with Gasteiger partial charge in [0.1, 0.15) is 23.6 Å². The molecule has 11 heteroatoms. The molecule has 2 aromatic heterocycles. The summed E-state index contributed by atoms with van der Waals surface area (Å²) >= 11 is 0. The van der Waals surface area contributed by atoms with E-state index in [2.05, 4.69) is 21.9 Å². The van der Waals surface area contributed by atoms with E-state index >= 15 is 0 Å². The Morgan fingerprint density at radius 2 is 2.15 bits per heavy atom. The van der Waals surface area contributed by atoms with Gasteiger partial charge in [-0.1, -0.05) is 6.08 Å². The van der Waals surface area contributed by atoms with Crippen LogP contribution in [-0.2, 0) is 0 Å². The van der Waals surface area contributed by atoms with Gasteiger partial charge in [-0.2, -0.15) is 0 Å². The molecule has 1 fully saturated rings. The molecule has 3 aromatic rings. The molecule has 0 saturated heterocycles. The molecular formula is C22H21F3N4O4. The number of oxazole rings is 1. The number of carbonyl (C=O) groups is 1. The fourth-order valence-corrected chi connectivity index (χ4v) is 3.19. The molecule has 174 valence electrons. The quantitative estimate of drug-likeness (QED) is 0.440. The van der Waals surface area contributed by atoms with Crippen LogP contribution in [0.2, 0.25) is 0 Å². The van der Waals surface area contributed by atoms with Gasteiger partial charge in [-0.05, 0) is 18.6 Å². The molecule has 4 rings (SSSR count). The number of alkyl halides is 2. The Kier molecular flexibility index (Phi) is 6.12. The van der Waals surface area contributed by atoms with Crippen LogP contribution in [0.4, 0.5) is 18.0 Å². The van der Waals surface area contributed by atoms with Crippen molar-refractivity contribution in [3.05, 3.63) is 48.9 Å². The first-order chi connectivity index (χ1) is 15.7. The summed E-state index contributed by atoms with van der Waals surface area (Å²) in [6.07, 6.45) is 2.89. The van der Waals surface area contributed by atoms with Crippen molar-refractivity contribution in [1.82, 2.24) is 15.3 Å². The van der Waals surface area contributed by atoms with Crippen molar-refractivity contribution < 1.29 is 31.9 Å². The summed E-state index contributed by atoms with van der Waals surface area (Å²) in [4.78, 5) is 19.2. The lowest BCUT2D eigenvalue weighted by Crippen LogP contribution is -2.40. The molecule has 2 amide bonds. The second kappa shape index (κ2) is 9.00. The molecular weight excluding hydrogens is 441 g/mol. The van der Waals surface area contributed by atoms with E-state index in [9.17, 15) is 18.0 Å². The first-order valence-corrected chi connectivity index (χ1v) is 10.1. The smallest absolute Gasteiger partial charge is 0.312 e. The standard InChI is InChI=1S/C22H21F3N4O4/c1-2-13(28-21(26)30)11-32-15-7-16(23)19(27-10-15)20-29-17-4-3-14(8-18(17)33-20)31-6-5-12-9-22(12,24)25/h2-4,7-8,10,12-13H,1,5-6,9,11H2,(H3,26,28,30)/t12?,13-/m0/s1. The number of rotatable bonds is 10. The molecule has 1 aliphatic carbocycles. The number of carbonyl (C=O) groups excluding carboxylic acids is 1. The Morgan fingerprint density at radius 1 is 1.36 bits per heavy atom. The number of nitrogens with zero attached hydrogens (tertiary/aromatic N) is 2. The molecule has 2 atom stereocenters. The van der Waals surface area contributed by atoms with Gasteiger partial charge >= 0.3 is 6.03 Å². The number of halogens is 3. The van der Waals surface area contributed by atoms with E-state index in [4.69, 9.17) is 19.6 Å². The molecule has 0 spiro atoms. The Morgan fingerprint density at radius 3 is 2.82 bits per heavy atom. The third-order valence-corrected chi connectivity index (χ3v) is 5.11. The zero-order chi connectivity index (χ0) is 23.6. The number of primary amides is 1. The van der Waals surface area contributed by atoms with Crippen LogP contribution >= 0.6 is 0 Å². The van der Waals surface area contributed by atoms with E-state index in [1.54, 1.807) is 18.2 Å². The Hall–Kier alpha value is -3.76. The van der Waals surface area contributed by atoms with E-state index in [-0.39, 0.29) is 43.4 Å².